The molecule has 0 heterocycles. The fraction of sp³-hybridized carbons (Fsp3) is 0.500. The molecular weight excluding hydrogens is 163 g/mol. The van der Waals surface area contributed by atoms with Gasteiger partial charge in [0, 0.05) is 0 Å². The summed E-state index contributed by atoms with van der Waals surface area (Å²) in [5, 5.41) is 0. The predicted molar refractivity (Wildman–Crippen MR) is 56.3 cm³/mol. The molecule has 1 aromatic carbocycles. The van der Waals surface area contributed by atoms with E-state index in [-0.39, 0.29) is 5.82 Å². The Balaban J connectivity index is 0.000000252. The summed E-state index contributed by atoms with van der Waals surface area (Å²) in [5.74, 6) is -0.171. The van der Waals surface area contributed by atoms with Gasteiger partial charge in [0.1, 0.15) is 5.82 Å². The summed E-state index contributed by atoms with van der Waals surface area (Å²) < 4.78 is 12.1. The van der Waals surface area contributed by atoms with Crippen LogP contribution in [0.1, 0.15) is 38.7 Å². The van der Waals surface area contributed by atoms with E-state index in [4.69, 9.17) is 0 Å². The van der Waals surface area contributed by atoms with Crippen LogP contribution in [0.2, 0.25) is 0 Å². The van der Waals surface area contributed by atoms with Crippen LogP contribution in [0, 0.1) is 12.7 Å². The number of benzene rings is 1. The zero-order chi connectivity index (χ0) is 10.1. The Morgan fingerprint density at radius 1 is 1.00 bits per heavy atom. The van der Waals surface area contributed by atoms with Crippen molar-refractivity contribution in [2.45, 2.75) is 40.0 Å². The Labute approximate surface area is 80.8 Å². The fourth-order valence-electron chi connectivity index (χ4n) is 0.887. The van der Waals surface area contributed by atoms with Crippen LogP contribution in [0.3, 0.4) is 0 Å². The third kappa shape index (κ3) is 7.51. The molecule has 0 N–H and O–H groups in total. The number of hydrogen-bond acceptors (Lipinski definition) is 0. The molecule has 0 atom stereocenters. The van der Waals surface area contributed by atoms with Crippen molar-refractivity contribution in [3.05, 3.63) is 35.6 Å². The standard InChI is InChI=1S/C7H7F.C5H12/c1-6-2-4-7(8)5-3-6;1-3-5-4-2/h2-5H,1H3;3-5H2,1-2H3. The van der Waals surface area contributed by atoms with E-state index in [0.29, 0.717) is 0 Å². The smallest absolute Gasteiger partial charge is 0.123 e. The SMILES string of the molecule is CCCCC.Cc1ccc(F)cc1. The second-order valence-electron chi connectivity index (χ2n) is 3.15. The molecule has 0 aromatic heterocycles. The average molecular weight is 182 g/mol. The molecule has 0 unspecified atom stereocenters. The van der Waals surface area contributed by atoms with E-state index < -0.39 is 0 Å². The molecular formula is C12H19F. The zero-order valence-corrected chi connectivity index (χ0v) is 8.81. The number of halogens is 1. The summed E-state index contributed by atoms with van der Waals surface area (Å²) >= 11 is 0. The van der Waals surface area contributed by atoms with Gasteiger partial charge in [-0.15, -0.1) is 0 Å². The van der Waals surface area contributed by atoms with Gasteiger partial charge in [0.25, 0.3) is 0 Å². The first-order chi connectivity index (χ1) is 6.20. The van der Waals surface area contributed by atoms with Crippen LogP contribution in [-0.4, -0.2) is 0 Å². The first-order valence-electron chi connectivity index (χ1n) is 4.92. The molecule has 0 radical (unpaired) electrons. The van der Waals surface area contributed by atoms with Crippen LogP contribution in [0.25, 0.3) is 0 Å². The van der Waals surface area contributed by atoms with Crippen LogP contribution in [0.5, 0.6) is 0 Å². The Morgan fingerprint density at radius 3 is 1.69 bits per heavy atom. The lowest BCUT2D eigenvalue weighted by molar-refractivity contribution is 0.627. The van der Waals surface area contributed by atoms with Crippen LogP contribution in [0.4, 0.5) is 4.39 Å². The van der Waals surface area contributed by atoms with Gasteiger partial charge in [-0.1, -0.05) is 50.8 Å². The lowest BCUT2D eigenvalue weighted by Crippen LogP contribution is -1.71. The first-order valence-corrected chi connectivity index (χ1v) is 4.92. The number of aryl methyl sites for hydroxylation is 1. The maximum absolute atomic E-state index is 12.1. The summed E-state index contributed by atoms with van der Waals surface area (Å²) in [5.41, 5.74) is 1.09. The van der Waals surface area contributed by atoms with Crippen molar-refractivity contribution in [2.75, 3.05) is 0 Å². The van der Waals surface area contributed by atoms with E-state index >= 15 is 0 Å². The summed E-state index contributed by atoms with van der Waals surface area (Å²) in [4.78, 5) is 0. The number of unbranched alkanes of at least 4 members (excludes halogenated alkanes) is 2. The quantitative estimate of drug-likeness (QED) is 0.638. The van der Waals surface area contributed by atoms with Gasteiger partial charge in [0.15, 0.2) is 0 Å². The molecule has 74 valence electrons. The van der Waals surface area contributed by atoms with Crippen LogP contribution < -0.4 is 0 Å². The van der Waals surface area contributed by atoms with Crippen molar-refractivity contribution >= 4 is 0 Å². The van der Waals surface area contributed by atoms with E-state index in [0.717, 1.165) is 5.56 Å². The van der Waals surface area contributed by atoms with Gasteiger partial charge < -0.3 is 0 Å². The second kappa shape index (κ2) is 7.78. The van der Waals surface area contributed by atoms with E-state index in [1.165, 1.54) is 31.4 Å². The molecule has 0 saturated carbocycles. The van der Waals surface area contributed by atoms with Crippen LogP contribution in [0.15, 0.2) is 24.3 Å². The largest absolute Gasteiger partial charge is 0.207 e. The third-order valence-electron chi connectivity index (χ3n) is 1.72. The molecule has 0 amide bonds. The summed E-state index contributed by atoms with van der Waals surface area (Å²) in [7, 11) is 0. The lowest BCUT2D eigenvalue weighted by Gasteiger charge is -1.87. The molecule has 0 saturated heterocycles. The van der Waals surface area contributed by atoms with Crippen molar-refractivity contribution in [1.82, 2.24) is 0 Å². The highest BCUT2D eigenvalue weighted by Gasteiger charge is 1.83. The summed E-state index contributed by atoms with van der Waals surface area (Å²) in [6.07, 6.45) is 4.08. The van der Waals surface area contributed by atoms with E-state index in [1.54, 1.807) is 12.1 Å². The van der Waals surface area contributed by atoms with Crippen molar-refractivity contribution in [3.63, 3.8) is 0 Å². The second-order valence-corrected chi connectivity index (χ2v) is 3.15. The van der Waals surface area contributed by atoms with Crippen LogP contribution in [-0.2, 0) is 0 Å². The maximum Gasteiger partial charge on any atom is 0.123 e. The Kier molecular flexibility index (Phi) is 7.27. The third-order valence-corrected chi connectivity index (χ3v) is 1.72. The molecule has 0 spiro atoms. The van der Waals surface area contributed by atoms with Crippen molar-refractivity contribution in [1.29, 1.82) is 0 Å². The minimum Gasteiger partial charge on any atom is -0.207 e. The molecule has 0 nitrogen and oxygen atoms in total. The molecule has 0 bridgehead atoms. The topological polar surface area (TPSA) is 0 Å². The van der Waals surface area contributed by atoms with E-state index in [2.05, 4.69) is 13.8 Å². The Hall–Kier alpha value is -0.850. The van der Waals surface area contributed by atoms with Gasteiger partial charge in [-0.05, 0) is 19.1 Å². The minimum atomic E-state index is -0.171. The van der Waals surface area contributed by atoms with Gasteiger partial charge >= 0.3 is 0 Å². The van der Waals surface area contributed by atoms with E-state index in [1.807, 2.05) is 6.92 Å². The molecule has 0 aliphatic rings. The fourth-order valence-corrected chi connectivity index (χ4v) is 0.887. The highest BCUT2D eigenvalue weighted by molar-refractivity contribution is 5.13. The molecule has 0 aliphatic heterocycles. The monoisotopic (exact) mass is 182 g/mol. The summed E-state index contributed by atoms with van der Waals surface area (Å²) in [6.45, 7) is 6.35. The predicted octanol–water partition coefficient (Wildman–Crippen LogP) is 4.33. The Bertz CT molecular complexity index is 178. The minimum absolute atomic E-state index is 0.171. The maximum atomic E-state index is 12.1. The average Bonchev–Trinajstić information content (AvgIpc) is 2.13. The zero-order valence-electron chi connectivity index (χ0n) is 8.81. The van der Waals surface area contributed by atoms with Crippen LogP contribution >= 0.6 is 0 Å². The van der Waals surface area contributed by atoms with Gasteiger partial charge in [-0.2, -0.15) is 0 Å². The molecule has 1 heteroatoms. The first kappa shape index (κ1) is 12.2. The highest BCUT2D eigenvalue weighted by Crippen LogP contribution is 1.98. The molecule has 1 rings (SSSR count). The van der Waals surface area contributed by atoms with E-state index in [9.17, 15) is 4.39 Å². The van der Waals surface area contributed by atoms with Gasteiger partial charge in [0.2, 0.25) is 0 Å². The summed E-state index contributed by atoms with van der Waals surface area (Å²) in [6, 6.07) is 6.40. The van der Waals surface area contributed by atoms with Gasteiger partial charge in [-0.3, -0.25) is 0 Å². The van der Waals surface area contributed by atoms with Gasteiger partial charge in [-0.25, -0.2) is 4.39 Å². The molecule has 0 fully saturated rings. The number of hydrogen-bond donors (Lipinski definition) is 0. The molecule has 13 heavy (non-hydrogen) atoms. The highest BCUT2D eigenvalue weighted by atomic mass is 19.1. The van der Waals surface area contributed by atoms with Gasteiger partial charge in [0.05, 0.1) is 0 Å². The van der Waals surface area contributed by atoms with Crippen molar-refractivity contribution in [3.8, 4) is 0 Å². The van der Waals surface area contributed by atoms with Crippen molar-refractivity contribution in [2.24, 2.45) is 0 Å². The lowest BCUT2D eigenvalue weighted by atomic mass is 10.2. The molecule has 0 aliphatic carbocycles. The molecule has 1 aromatic rings. The number of rotatable bonds is 2. The Morgan fingerprint density at radius 2 is 1.46 bits per heavy atom. The normalized spacial score (nSPS) is 8.92. The van der Waals surface area contributed by atoms with Crippen molar-refractivity contribution < 1.29 is 4.39 Å².